The maximum Gasteiger partial charge on any atom is 0.337 e. The van der Waals surface area contributed by atoms with Crippen molar-refractivity contribution >= 4 is 16.9 Å². The van der Waals surface area contributed by atoms with Crippen molar-refractivity contribution < 1.29 is 54.4 Å². The molecule has 4 aromatic rings. The lowest BCUT2D eigenvalue weighted by Crippen LogP contribution is -2.60. The van der Waals surface area contributed by atoms with Gasteiger partial charge in [0.25, 0.3) is 0 Å². The molecule has 6 aliphatic carbocycles. The lowest BCUT2D eigenvalue weighted by Gasteiger charge is -2.55. The van der Waals surface area contributed by atoms with Crippen molar-refractivity contribution in [2.24, 2.45) is 40.7 Å². The fourth-order valence-electron chi connectivity index (χ4n) is 19.3. The van der Waals surface area contributed by atoms with Gasteiger partial charge in [0.2, 0.25) is 0 Å². The molecule has 10 aliphatic rings. The number of hydrogen-bond acceptors (Lipinski definition) is 16. The van der Waals surface area contributed by atoms with Gasteiger partial charge >= 0.3 is 5.97 Å². The van der Waals surface area contributed by atoms with E-state index in [-0.39, 0.29) is 100 Å². The van der Waals surface area contributed by atoms with E-state index in [2.05, 4.69) is 47.3 Å². The van der Waals surface area contributed by atoms with Crippen LogP contribution in [-0.4, -0.2) is 91.5 Å². The van der Waals surface area contributed by atoms with Crippen LogP contribution in [0.1, 0.15) is 172 Å². The third-order valence-corrected chi connectivity index (χ3v) is 22.9. The molecule has 16 heteroatoms. The van der Waals surface area contributed by atoms with Gasteiger partial charge in [0, 0.05) is 60.7 Å². The number of phenolic OH excluding ortho intramolecular Hbond substituents is 2. The quantitative estimate of drug-likeness (QED) is 0.0557. The number of likely N-dealkylation sites (N-methyl/N-ethyl adjacent to an activating group) is 1. The van der Waals surface area contributed by atoms with Gasteiger partial charge in [-0.2, -0.15) is 0 Å². The Labute approximate surface area is 495 Å². The molecule has 6 bridgehead atoms. The number of phenols is 2. The zero-order valence-corrected chi connectivity index (χ0v) is 49.0. The van der Waals surface area contributed by atoms with E-state index in [4.69, 9.17) is 19.6 Å². The molecule has 0 saturated heterocycles. The molecule has 12 N–H and O–H groups in total. The normalized spacial score (nSPS) is 34.0. The highest BCUT2D eigenvalue weighted by atomic mass is 16.6. The number of rotatable bonds is 9. The van der Waals surface area contributed by atoms with Crippen LogP contribution in [0.25, 0.3) is 11.0 Å². The van der Waals surface area contributed by atoms with Crippen LogP contribution in [0.4, 0.5) is 0 Å². The van der Waals surface area contributed by atoms with Gasteiger partial charge in [-0.3, -0.25) is 10.1 Å². The Morgan fingerprint density at radius 1 is 0.988 bits per heavy atom. The molecule has 14 rings (SSSR count). The molecular weight excluding hydrogens is 1080 g/mol. The second kappa shape index (κ2) is 21.2. The third kappa shape index (κ3) is 8.64. The van der Waals surface area contributed by atoms with E-state index in [0.29, 0.717) is 62.9 Å². The highest BCUT2D eigenvalue weighted by Crippen LogP contribution is 2.67. The second-order valence-corrected chi connectivity index (χ2v) is 26.9. The maximum atomic E-state index is 16.0. The molecule has 14 atom stereocenters. The van der Waals surface area contributed by atoms with Crippen LogP contribution in [0.3, 0.4) is 0 Å². The van der Waals surface area contributed by atoms with Crippen LogP contribution in [0.15, 0.2) is 110 Å². The van der Waals surface area contributed by atoms with E-state index in [1.54, 1.807) is 25.1 Å². The Morgan fingerprint density at radius 2 is 1.79 bits per heavy atom. The Morgan fingerprint density at radius 3 is 2.55 bits per heavy atom. The summed E-state index contributed by atoms with van der Waals surface area (Å²) >= 11 is 0. The summed E-state index contributed by atoms with van der Waals surface area (Å²) in [6, 6.07) is 12.7. The largest absolute Gasteiger partial charge is 0.508 e. The third-order valence-electron chi connectivity index (χ3n) is 22.9. The molecule has 3 aromatic carbocycles. The van der Waals surface area contributed by atoms with Gasteiger partial charge in [0.15, 0.2) is 5.43 Å². The van der Waals surface area contributed by atoms with Gasteiger partial charge in [-0.25, -0.2) is 4.79 Å². The summed E-state index contributed by atoms with van der Waals surface area (Å²) in [5.41, 5.74) is 13.1. The SMILES string of the molecule is C/C=C(\C(=O)O[C@@H]1Cc2c3c(c4oc(CO)cc(=O)c4c2O)[C@@H]2C4=CCNC(N)=C4[C@H]([C@H]4CCC5=CC(NCC)NC=C5C[C@@H]4[C@]1(C)O3)C1(CCCC1)Cc1ccc(O)cc1[C@@H]2CO)[C@]1(O)C[C@@H]2C[C@H]1C[C@H]1C[C@@H](CCO)[C@H](O)c3cccc2c31. The Balaban J connectivity index is 0.997. The Hall–Kier alpha value is -6.40. The molecule has 3 fully saturated rings. The minimum atomic E-state index is -1.61. The molecule has 1 spiro atoms. The fraction of sp³-hybridized carbons (Fsp3) is 0.536. The highest BCUT2D eigenvalue weighted by Gasteiger charge is 2.62. The summed E-state index contributed by atoms with van der Waals surface area (Å²) in [7, 11) is 0. The number of allylic oxidation sites excluding steroid dienone is 5. The van der Waals surface area contributed by atoms with Crippen molar-refractivity contribution in [2.45, 2.75) is 171 Å². The molecule has 450 valence electrons. The first-order valence-corrected chi connectivity index (χ1v) is 31.5. The number of aliphatic hydroxyl groups is 5. The van der Waals surface area contributed by atoms with Crippen LogP contribution < -0.4 is 31.8 Å². The van der Waals surface area contributed by atoms with Crippen LogP contribution in [0, 0.1) is 35.0 Å². The van der Waals surface area contributed by atoms with E-state index in [9.17, 15) is 40.5 Å². The molecule has 85 heavy (non-hydrogen) atoms. The van der Waals surface area contributed by atoms with Gasteiger partial charge in [-0.1, -0.05) is 56.2 Å². The lowest BCUT2D eigenvalue weighted by molar-refractivity contribution is -0.173. The smallest absolute Gasteiger partial charge is 0.337 e. The number of fused-ring (bicyclic) bond motifs is 13. The topological polar surface area (TPSA) is 269 Å². The number of nitrogens with one attached hydrogen (secondary N) is 3. The van der Waals surface area contributed by atoms with E-state index < -0.39 is 76.9 Å². The van der Waals surface area contributed by atoms with Crippen LogP contribution in [-0.2, 0) is 29.0 Å². The summed E-state index contributed by atoms with van der Waals surface area (Å²) in [6.45, 7) is 5.90. The average Bonchev–Trinajstić information content (AvgIpc) is 1.99. The zero-order chi connectivity index (χ0) is 59.0. The number of esters is 1. The van der Waals surface area contributed by atoms with Crippen molar-refractivity contribution in [2.75, 3.05) is 26.3 Å². The Kier molecular flexibility index (Phi) is 14.1. The minimum absolute atomic E-state index is 0.00761. The number of ether oxygens (including phenoxy) is 2. The molecular formula is C69H82N4O12. The van der Waals surface area contributed by atoms with Crippen molar-refractivity contribution in [1.29, 1.82) is 0 Å². The molecule has 4 aliphatic heterocycles. The van der Waals surface area contributed by atoms with Crippen LogP contribution in [0.2, 0.25) is 0 Å². The zero-order valence-electron chi connectivity index (χ0n) is 49.0. The van der Waals surface area contributed by atoms with Crippen LogP contribution >= 0.6 is 0 Å². The van der Waals surface area contributed by atoms with Gasteiger partial charge in [-0.05, 0) is 200 Å². The number of hydrogen-bond donors (Lipinski definition) is 11. The monoisotopic (exact) mass is 1160 g/mol. The van der Waals surface area contributed by atoms with Crippen molar-refractivity contribution in [3.63, 3.8) is 0 Å². The predicted molar refractivity (Wildman–Crippen MR) is 319 cm³/mol. The molecule has 1 aromatic heterocycles. The summed E-state index contributed by atoms with van der Waals surface area (Å²) in [4.78, 5) is 30.8. The predicted octanol–water partition coefficient (Wildman–Crippen LogP) is 8.17. The standard InChI is InChI=1S/C69H82N4O12/c1-4-50(69(82)30-38-23-40(69)22-37-21-35(16-20-74)61(79)46-10-8-9-43(38)55(37)46)66(81)84-53-28-48-62(80)58-52(78)27-42(32-75)83-64(58)59-56-45-15-19-72-65(70)57(45)60(68(17-6-7-18-68)29-36-11-13-41(77)26-47(36)49(56)33-76)44-14-12-34-25-54(71-5-2)73-31-39(34)24-51(44)67(53,3)85-63(48)59/h4,8-11,13,15,25-27,31,35,37-38,40,44,49,51,53-54,56,60-61,71-77,79-80,82H,5-7,12,14,16-24,28-30,32-33,70H2,1-3H3/b50-4+/t35-,37-,38+,40-,44+,49+,51+,53-,54?,56-,60+,61+,67+,69+/m1/s1. The summed E-state index contributed by atoms with van der Waals surface area (Å²) in [5, 5.41) is 93.5. The number of aromatic hydroxyl groups is 2. The van der Waals surface area contributed by atoms with Gasteiger partial charge in [0.05, 0.1) is 30.1 Å². The van der Waals surface area contributed by atoms with Crippen molar-refractivity contribution in [3.05, 3.63) is 156 Å². The number of carbonyl (C=O) groups excluding carboxylic acids is 1. The molecule has 0 radical (unpaired) electrons. The number of carbonyl (C=O) groups is 1. The maximum absolute atomic E-state index is 16.0. The molecule has 16 nitrogen and oxygen atoms in total. The first-order chi connectivity index (χ1) is 41.1. The van der Waals surface area contributed by atoms with Gasteiger partial charge < -0.3 is 66.0 Å². The molecule has 5 heterocycles. The van der Waals surface area contributed by atoms with E-state index in [0.717, 1.165) is 83.2 Å². The number of nitrogens with two attached hydrogens (primary N) is 1. The molecule has 1 unspecified atom stereocenters. The van der Waals surface area contributed by atoms with Crippen LogP contribution in [0.5, 0.6) is 17.2 Å². The molecule has 0 amide bonds. The first-order valence-electron chi connectivity index (χ1n) is 31.5. The molecule has 3 saturated carbocycles. The number of dihydropyridines is 2. The van der Waals surface area contributed by atoms with Crippen molar-refractivity contribution in [1.82, 2.24) is 16.0 Å². The van der Waals surface area contributed by atoms with Crippen molar-refractivity contribution in [3.8, 4) is 17.2 Å². The Bertz CT molecular complexity index is 3630. The highest BCUT2D eigenvalue weighted by molar-refractivity contribution is 5.93. The lowest BCUT2D eigenvalue weighted by atomic mass is 9.54. The van der Waals surface area contributed by atoms with Gasteiger partial charge in [-0.15, -0.1) is 0 Å². The van der Waals surface area contributed by atoms with Gasteiger partial charge in [0.1, 0.15) is 58.1 Å². The van der Waals surface area contributed by atoms with E-state index >= 15 is 4.79 Å². The summed E-state index contributed by atoms with van der Waals surface area (Å²) < 4.78 is 21.9. The second-order valence-electron chi connectivity index (χ2n) is 26.9. The fourth-order valence-corrected chi connectivity index (χ4v) is 19.3. The van der Waals surface area contributed by atoms with E-state index in [1.165, 1.54) is 11.6 Å². The summed E-state index contributed by atoms with van der Waals surface area (Å²) in [6.07, 6.45) is 14.9. The number of benzene rings is 3. The average molecular weight is 1160 g/mol. The first kappa shape index (κ1) is 56.4. The minimum Gasteiger partial charge on any atom is -0.508 e. The number of aliphatic hydroxyl groups excluding tert-OH is 4. The van der Waals surface area contributed by atoms with E-state index in [1.807, 2.05) is 25.1 Å². The summed E-state index contributed by atoms with van der Waals surface area (Å²) in [5.74, 6) is -3.65.